The number of halogens is 3. The molecule has 0 radical (unpaired) electrons. The number of alkyl halides is 3. The number of sulfonamides is 1. The summed E-state index contributed by atoms with van der Waals surface area (Å²) in [5.41, 5.74) is -0.223. The van der Waals surface area contributed by atoms with E-state index in [1.54, 1.807) is 0 Å². The third kappa shape index (κ3) is 3.42. The van der Waals surface area contributed by atoms with Gasteiger partial charge in [-0.3, -0.25) is 0 Å². The maximum atomic E-state index is 12.5. The lowest BCUT2D eigenvalue weighted by atomic mass is 10.3. The van der Waals surface area contributed by atoms with Crippen molar-refractivity contribution in [1.82, 2.24) is 9.88 Å². The lowest BCUT2D eigenvalue weighted by Crippen LogP contribution is -2.32. The third-order valence-corrected chi connectivity index (χ3v) is 4.96. The van der Waals surface area contributed by atoms with Gasteiger partial charge in [0.1, 0.15) is 5.69 Å². The molecular weight excluding hydrogens is 337 g/mol. The quantitative estimate of drug-likeness (QED) is 0.915. The van der Waals surface area contributed by atoms with Crippen LogP contribution in [0.15, 0.2) is 32.2 Å². The summed E-state index contributed by atoms with van der Waals surface area (Å²) in [4.78, 5) is 0. The van der Waals surface area contributed by atoms with Crippen molar-refractivity contribution in [2.75, 3.05) is 0 Å². The number of hydrogen-bond acceptors (Lipinski definition) is 5. The predicted octanol–water partition coefficient (Wildman–Crippen LogP) is 3.17. The summed E-state index contributed by atoms with van der Waals surface area (Å²) in [6, 6.07) is 2.92. The number of rotatable bonds is 4. The average Bonchev–Trinajstić information content (AvgIpc) is 3.18. The Bertz CT molecular complexity index is 788. The van der Waals surface area contributed by atoms with Gasteiger partial charge in [-0.25, -0.2) is 13.1 Å². The van der Waals surface area contributed by atoms with Gasteiger partial charge in [-0.15, -0.1) is 0 Å². The van der Waals surface area contributed by atoms with Crippen LogP contribution in [0.4, 0.5) is 13.2 Å². The topological polar surface area (TPSA) is 85.3 Å². The van der Waals surface area contributed by atoms with Gasteiger partial charge in [-0.1, -0.05) is 18.0 Å². The molecule has 0 amide bonds. The summed E-state index contributed by atoms with van der Waals surface area (Å²) in [6.07, 6.45) is -1.25. The molecule has 0 saturated heterocycles. The van der Waals surface area contributed by atoms with Crippen molar-refractivity contribution in [3.63, 3.8) is 0 Å². The van der Waals surface area contributed by atoms with E-state index in [-0.39, 0.29) is 22.6 Å². The fourth-order valence-corrected chi connectivity index (χ4v) is 3.69. The highest BCUT2D eigenvalue weighted by Crippen LogP contribution is 2.33. The molecule has 0 atom stereocenters. The number of hydrogen-bond donors (Lipinski definition) is 1. The first-order chi connectivity index (χ1) is 10.8. The van der Waals surface area contributed by atoms with Gasteiger partial charge in [0.05, 0.1) is 0 Å². The summed E-state index contributed by atoms with van der Waals surface area (Å²) >= 11 is 0. The fourth-order valence-electron chi connectivity index (χ4n) is 2.45. The summed E-state index contributed by atoms with van der Waals surface area (Å²) in [5.74, 6) is -1.39. The van der Waals surface area contributed by atoms with Crippen molar-refractivity contribution in [1.29, 1.82) is 0 Å². The zero-order valence-corrected chi connectivity index (χ0v) is 12.6. The molecule has 1 aliphatic rings. The van der Waals surface area contributed by atoms with Crippen LogP contribution in [0, 0.1) is 0 Å². The van der Waals surface area contributed by atoms with E-state index < -0.39 is 22.0 Å². The van der Waals surface area contributed by atoms with Crippen LogP contribution < -0.4 is 4.72 Å². The average molecular weight is 350 g/mol. The van der Waals surface area contributed by atoms with Crippen molar-refractivity contribution < 1.29 is 30.5 Å². The first-order valence-corrected chi connectivity index (χ1v) is 8.40. The lowest BCUT2D eigenvalue weighted by molar-refractivity contribution is -0.155. The first kappa shape index (κ1) is 16.1. The predicted molar refractivity (Wildman–Crippen MR) is 71.8 cm³/mol. The Morgan fingerprint density at radius 2 is 1.91 bits per heavy atom. The van der Waals surface area contributed by atoms with Crippen LogP contribution in [0.5, 0.6) is 0 Å². The van der Waals surface area contributed by atoms with E-state index in [1.165, 1.54) is 12.1 Å². The van der Waals surface area contributed by atoms with Crippen molar-refractivity contribution in [3.8, 4) is 11.5 Å². The van der Waals surface area contributed by atoms with E-state index in [9.17, 15) is 21.6 Å². The van der Waals surface area contributed by atoms with Crippen molar-refractivity contribution in [2.24, 2.45) is 0 Å². The third-order valence-electron chi connectivity index (χ3n) is 3.57. The molecule has 6 nitrogen and oxygen atoms in total. The molecule has 0 unspecified atom stereocenters. The van der Waals surface area contributed by atoms with Crippen LogP contribution in [-0.2, 0) is 16.2 Å². The molecule has 3 rings (SSSR count). The molecule has 0 aliphatic heterocycles. The second-order valence-corrected chi connectivity index (χ2v) is 6.94. The Hall–Kier alpha value is -1.81. The van der Waals surface area contributed by atoms with Gasteiger partial charge in [-0.2, -0.15) is 13.2 Å². The normalized spacial score (nSPS) is 17.0. The van der Waals surface area contributed by atoms with E-state index in [4.69, 9.17) is 4.42 Å². The molecule has 1 fully saturated rings. The monoisotopic (exact) mass is 350 g/mol. The van der Waals surface area contributed by atoms with Gasteiger partial charge in [0, 0.05) is 12.1 Å². The van der Waals surface area contributed by atoms with Gasteiger partial charge < -0.3 is 8.94 Å². The molecular formula is C13H13F3N2O4S. The highest BCUT2D eigenvalue weighted by molar-refractivity contribution is 7.89. The van der Waals surface area contributed by atoms with Crippen molar-refractivity contribution in [3.05, 3.63) is 24.0 Å². The summed E-state index contributed by atoms with van der Waals surface area (Å²) < 4.78 is 73.6. The molecule has 0 spiro atoms. The summed E-state index contributed by atoms with van der Waals surface area (Å²) in [5, 5.41) is 2.88. The van der Waals surface area contributed by atoms with Crippen LogP contribution in [-0.4, -0.2) is 19.6 Å². The molecule has 1 aliphatic carbocycles. The molecule has 1 N–H and O–H groups in total. The molecule has 2 aromatic heterocycles. The molecule has 2 aromatic rings. The maximum absolute atomic E-state index is 12.5. The molecule has 0 aromatic carbocycles. The summed E-state index contributed by atoms with van der Waals surface area (Å²) in [6.45, 7) is 0. The van der Waals surface area contributed by atoms with Crippen molar-refractivity contribution >= 4 is 10.0 Å². The highest BCUT2D eigenvalue weighted by Gasteiger charge is 2.36. The lowest BCUT2D eigenvalue weighted by Gasteiger charge is -2.10. The van der Waals surface area contributed by atoms with Gasteiger partial charge in [0.25, 0.3) is 10.0 Å². The fraction of sp³-hybridized carbons (Fsp3) is 0.462. The Morgan fingerprint density at radius 1 is 1.22 bits per heavy atom. The number of nitrogens with one attached hydrogen (secondary N) is 1. The molecule has 1 saturated carbocycles. The minimum Gasteiger partial charge on any atom is -0.441 e. The molecule has 23 heavy (non-hydrogen) atoms. The van der Waals surface area contributed by atoms with Crippen LogP contribution in [0.3, 0.4) is 0 Å². The van der Waals surface area contributed by atoms with Crippen LogP contribution in [0.25, 0.3) is 11.5 Å². The second kappa shape index (κ2) is 5.68. The Labute approximate surface area is 129 Å². The number of aromatic nitrogens is 1. The van der Waals surface area contributed by atoms with Gasteiger partial charge >= 0.3 is 6.18 Å². The minimum absolute atomic E-state index is 0.115. The summed E-state index contributed by atoms with van der Waals surface area (Å²) in [7, 11) is -3.85. The van der Waals surface area contributed by atoms with Crippen LogP contribution in [0.1, 0.15) is 31.4 Å². The standard InChI is InChI=1S/C13H13F3N2O4S/c14-13(15,16)11-7-9(17-22-11)10-5-6-12(21-10)23(19,20)18-8-3-1-2-4-8/h5-8,18H,1-4H2. The van der Waals surface area contributed by atoms with E-state index >= 15 is 0 Å². The molecule has 10 heteroatoms. The number of furan rings is 1. The van der Waals surface area contributed by atoms with E-state index in [0.717, 1.165) is 25.7 Å². The zero-order valence-electron chi connectivity index (χ0n) is 11.8. The van der Waals surface area contributed by atoms with E-state index in [0.29, 0.717) is 6.07 Å². The smallest absolute Gasteiger partial charge is 0.441 e. The van der Waals surface area contributed by atoms with E-state index in [2.05, 4.69) is 14.4 Å². The van der Waals surface area contributed by atoms with Gasteiger partial charge in [0.2, 0.25) is 10.9 Å². The van der Waals surface area contributed by atoms with Crippen LogP contribution in [0.2, 0.25) is 0 Å². The number of nitrogens with zero attached hydrogens (tertiary/aromatic N) is 1. The highest BCUT2D eigenvalue weighted by atomic mass is 32.2. The maximum Gasteiger partial charge on any atom is 0.452 e. The Morgan fingerprint density at radius 3 is 2.52 bits per heavy atom. The van der Waals surface area contributed by atoms with E-state index in [1.807, 2.05) is 0 Å². The molecule has 126 valence electrons. The molecule has 2 heterocycles. The minimum atomic E-state index is -4.67. The Kier molecular flexibility index (Phi) is 3.96. The zero-order chi connectivity index (χ0) is 16.7. The van der Waals surface area contributed by atoms with Gasteiger partial charge in [0.15, 0.2) is 5.76 Å². The molecule has 0 bridgehead atoms. The largest absolute Gasteiger partial charge is 0.452 e. The van der Waals surface area contributed by atoms with Gasteiger partial charge in [-0.05, 0) is 25.0 Å². The SMILES string of the molecule is O=S(=O)(NC1CCCC1)c1ccc(-c2cc(C(F)(F)F)on2)o1. The second-order valence-electron chi connectivity index (χ2n) is 5.30. The first-order valence-electron chi connectivity index (χ1n) is 6.92. The Balaban J connectivity index is 1.81. The van der Waals surface area contributed by atoms with Crippen molar-refractivity contribution in [2.45, 2.75) is 43.0 Å². The van der Waals surface area contributed by atoms with Crippen LogP contribution >= 0.6 is 0 Å².